The Balaban J connectivity index is 3.17. The third-order valence-corrected chi connectivity index (χ3v) is 2.92. The van der Waals surface area contributed by atoms with E-state index in [9.17, 15) is 13.2 Å². The van der Waals surface area contributed by atoms with Crippen LogP contribution in [-0.2, 0) is 12.6 Å². The zero-order valence-corrected chi connectivity index (χ0v) is 10.9. The smallest absolute Gasteiger partial charge is 0.378 e. The van der Waals surface area contributed by atoms with E-state index >= 15 is 0 Å². The molecule has 0 saturated heterocycles. The van der Waals surface area contributed by atoms with Crippen molar-refractivity contribution in [2.24, 2.45) is 5.73 Å². The maximum Gasteiger partial charge on any atom is 0.416 e. The van der Waals surface area contributed by atoms with Crippen molar-refractivity contribution in [2.75, 3.05) is 19.0 Å². The third-order valence-electron chi connectivity index (χ3n) is 2.92. The Morgan fingerprint density at radius 2 is 1.89 bits per heavy atom. The summed E-state index contributed by atoms with van der Waals surface area (Å²) in [5.74, 6) is 0. The maximum absolute atomic E-state index is 13.0. The minimum absolute atomic E-state index is 0.240. The van der Waals surface area contributed by atoms with Crippen LogP contribution in [-0.4, -0.2) is 20.1 Å². The van der Waals surface area contributed by atoms with Gasteiger partial charge >= 0.3 is 6.18 Å². The first-order chi connectivity index (χ1) is 8.25. The van der Waals surface area contributed by atoms with Crippen LogP contribution in [0.2, 0.25) is 0 Å². The highest BCUT2D eigenvalue weighted by Gasteiger charge is 2.33. The van der Waals surface area contributed by atoms with Crippen LogP contribution in [0.25, 0.3) is 0 Å². The van der Waals surface area contributed by atoms with Gasteiger partial charge in [0.25, 0.3) is 0 Å². The van der Waals surface area contributed by atoms with Crippen molar-refractivity contribution in [3.63, 3.8) is 0 Å². The third kappa shape index (κ3) is 3.63. The van der Waals surface area contributed by atoms with E-state index in [1.165, 1.54) is 12.1 Å². The van der Waals surface area contributed by atoms with Crippen molar-refractivity contribution in [1.29, 1.82) is 0 Å². The Hall–Kier alpha value is -1.23. The molecule has 0 aliphatic rings. The van der Waals surface area contributed by atoms with Crippen LogP contribution in [0.15, 0.2) is 18.2 Å². The summed E-state index contributed by atoms with van der Waals surface area (Å²) in [4.78, 5) is 1.65. The minimum atomic E-state index is -4.34. The molecule has 0 spiro atoms. The molecule has 2 N–H and O–H groups in total. The Morgan fingerprint density at radius 1 is 1.28 bits per heavy atom. The summed E-state index contributed by atoms with van der Waals surface area (Å²) in [5.41, 5.74) is 5.96. The summed E-state index contributed by atoms with van der Waals surface area (Å²) in [6, 6.07) is 4.15. The molecule has 1 aromatic rings. The highest BCUT2D eigenvalue weighted by Crippen LogP contribution is 2.34. The monoisotopic (exact) mass is 260 g/mol. The first-order valence-corrected chi connectivity index (χ1v) is 5.88. The number of rotatable bonds is 4. The second kappa shape index (κ2) is 5.61. The molecule has 5 heteroatoms. The number of nitrogens with zero attached hydrogens (tertiary/aromatic N) is 1. The van der Waals surface area contributed by atoms with Crippen LogP contribution >= 0.6 is 0 Å². The van der Waals surface area contributed by atoms with Gasteiger partial charge < -0.3 is 10.6 Å². The van der Waals surface area contributed by atoms with E-state index in [0.29, 0.717) is 12.1 Å². The van der Waals surface area contributed by atoms with Gasteiger partial charge in [-0.2, -0.15) is 13.2 Å². The molecule has 0 heterocycles. The molecule has 0 amide bonds. The molecule has 18 heavy (non-hydrogen) atoms. The molecular weight excluding hydrogens is 241 g/mol. The average molecular weight is 260 g/mol. The van der Waals surface area contributed by atoms with Crippen molar-refractivity contribution >= 4 is 5.69 Å². The lowest BCUT2D eigenvalue weighted by atomic mass is 9.98. The zero-order valence-electron chi connectivity index (χ0n) is 10.9. The molecule has 102 valence electrons. The number of hydrogen-bond donors (Lipinski definition) is 1. The van der Waals surface area contributed by atoms with Crippen LogP contribution in [0, 0.1) is 0 Å². The summed E-state index contributed by atoms with van der Waals surface area (Å²) in [5, 5.41) is 0. The molecule has 2 nitrogen and oxygen atoms in total. The van der Waals surface area contributed by atoms with E-state index < -0.39 is 11.7 Å². The lowest BCUT2D eigenvalue weighted by Gasteiger charge is -2.19. The molecule has 0 saturated carbocycles. The SMILES string of the molecule is CCC(N)Cc1ccc(N(C)C)cc1C(F)(F)F. The normalized spacial score (nSPS) is 13.5. The number of halogens is 3. The first kappa shape index (κ1) is 14.8. The van der Waals surface area contributed by atoms with E-state index in [1.807, 2.05) is 6.92 Å². The lowest BCUT2D eigenvalue weighted by Crippen LogP contribution is -2.23. The molecular formula is C13H19F3N2. The molecule has 0 bridgehead atoms. The standard InChI is InChI=1S/C13H19F3N2/c1-4-10(17)7-9-5-6-11(18(2)3)8-12(9)13(14,15)16/h5-6,8,10H,4,7,17H2,1-3H3. The topological polar surface area (TPSA) is 29.3 Å². The molecule has 1 unspecified atom stereocenters. The van der Waals surface area contributed by atoms with Crippen LogP contribution in [0.3, 0.4) is 0 Å². The van der Waals surface area contributed by atoms with Gasteiger partial charge in [0.2, 0.25) is 0 Å². The number of hydrogen-bond acceptors (Lipinski definition) is 2. The Bertz CT molecular complexity index is 400. The Kier molecular flexibility index (Phi) is 4.62. The van der Waals surface area contributed by atoms with Gasteiger partial charge in [-0.15, -0.1) is 0 Å². The highest BCUT2D eigenvalue weighted by molar-refractivity contribution is 5.51. The van der Waals surface area contributed by atoms with Crippen molar-refractivity contribution in [3.8, 4) is 0 Å². The molecule has 1 rings (SSSR count). The average Bonchev–Trinajstić information content (AvgIpc) is 2.27. The summed E-state index contributed by atoms with van der Waals surface area (Å²) < 4.78 is 39.0. The molecule has 0 aliphatic heterocycles. The number of benzene rings is 1. The summed E-state index contributed by atoms with van der Waals surface area (Å²) >= 11 is 0. The summed E-state index contributed by atoms with van der Waals surface area (Å²) in [6.07, 6.45) is -3.43. The first-order valence-electron chi connectivity index (χ1n) is 5.88. The van der Waals surface area contributed by atoms with Gasteiger partial charge in [-0.05, 0) is 30.5 Å². The number of nitrogens with two attached hydrogens (primary N) is 1. The summed E-state index contributed by atoms with van der Waals surface area (Å²) in [7, 11) is 3.43. The Morgan fingerprint density at radius 3 is 2.33 bits per heavy atom. The van der Waals surface area contributed by atoms with Gasteiger partial charge in [-0.25, -0.2) is 0 Å². The fourth-order valence-corrected chi connectivity index (χ4v) is 1.71. The molecule has 0 aromatic heterocycles. The van der Waals surface area contributed by atoms with Crippen LogP contribution in [0.1, 0.15) is 24.5 Å². The maximum atomic E-state index is 13.0. The molecule has 1 atom stereocenters. The predicted octanol–water partition coefficient (Wildman–Crippen LogP) is 3.05. The second-order valence-corrected chi connectivity index (χ2v) is 4.61. The van der Waals surface area contributed by atoms with E-state index in [2.05, 4.69) is 0 Å². The van der Waals surface area contributed by atoms with Crippen LogP contribution < -0.4 is 10.6 Å². The molecule has 0 aliphatic carbocycles. The lowest BCUT2D eigenvalue weighted by molar-refractivity contribution is -0.138. The van der Waals surface area contributed by atoms with Crippen LogP contribution in [0.4, 0.5) is 18.9 Å². The van der Waals surface area contributed by atoms with E-state index in [1.54, 1.807) is 25.1 Å². The largest absolute Gasteiger partial charge is 0.416 e. The van der Waals surface area contributed by atoms with Gasteiger partial charge in [0.05, 0.1) is 5.56 Å². The van der Waals surface area contributed by atoms with Crippen molar-refractivity contribution in [2.45, 2.75) is 32.0 Å². The summed E-state index contributed by atoms with van der Waals surface area (Å²) in [6.45, 7) is 1.87. The quantitative estimate of drug-likeness (QED) is 0.901. The predicted molar refractivity (Wildman–Crippen MR) is 67.7 cm³/mol. The van der Waals surface area contributed by atoms with Gasteiger partial charge in [-0.1, -0.05) is 13.0 Å². The molecule has 1 aromatic carbocycles. The van der Waals surface area contributed by atoms with E-state index in [-0.39, 0.29) is 18.0 Å². The van der Waals surface area contributed by atoms with E-state index in [4.69, 9.17) is 5.73 Å². The van der Waals surface area contributed by atoms with Gasteiger partial charge in [0.15, 0.2) is 0 Å². The fraction of sp³-hybridized carbons (Fsp3) is 0.538. The van der Waals surface area contributed by atoms with E-state index in [0.717, 1.165) is 0 Å². The van der Waals surface area contributed by atoms with Gasteiger partial charge in [-0.3, -0.25) is 0 Å². The van der Waals surface area contributed by atoms with Crippen molar-refractivity contribution in [3.05, 3.63) is 29.3 Å². The highest BCUT2D eigenvalue weighted by atomic mass is 19.4. The molecule has 0 fully saturated rings. The van der Waals surface area contributed by atoms with Gasteiger partial charge in [0.1, 0.15) is 0 Å². The number of alkyl halides is 3. The second-order valence-electron chi connectivity index (χ2n) is 4.61. The number of anilines is 1. The minimum Gasteiger partial charge on any atom is -0.378 e. The molecule has 0 radical (unpaired) electrons. The van der Waals surface area contributed by atoms with Gasteiger partial charge in [0, 0.05) is 25.8 Å². The van der Waals surface area contributed by atoms with Crippen molar-refractivity contribution < 1.29 is 13.2 Å². The Labute approximate surface area is 106 Å². The van der Waals surface area contributed by atoms with Crippen LogP contribution in [0.5, 0.6) is 0 Å². The zero-order chi connectivity index (χ0) is 13.9. The van der Waals surface area contributed by atoms with Crippen molar-refractivity contribution in [1.82, 2.24) is 0 Å². The fourth-order valence-electron chi connectivity index (χ4n) is 1.71.